The van der Waals surface area contributed by atoms with E-state index in [0.717, 1.165) is 13.8 Å². The van der Waals surface area contributed by atoms with Crippen LogP contribution in [0.3, 0.4) is 0 Å². The van der Waals surface area contributed by atoms with Gasteiger partial charge >= 0.3 is 5.97 Å². The number of rotatable bonds is 70. The highest BCUT2D eigenvalue weighted by molar-refractivity contribution is 7.98. The minimum absolute atomic E-state index is 0.0196. The number of hydrogen-bond acceptors (Lipinski definition) is 31. The Kier molecular flexibility index (Phi) is 59.9. The van der Waals surface area contributed by atoms with E-state index >= 15 is 0 Å². The van der Waals surface area contributed by atoms with Gasteiger partial charge in [-0.25, -0.2) is 9.78 Å². The van der Waals surface area contributed by atoms with Gasteiger partial charge in [-0.05, 0) is 179 Å². The first-order valence-electron chi connectivity index (χ1n) is 49.8. The summed E-state index contributed by atoms with van der Waals surface area (Å²) in [6.07, 6.45) is 1.54. The van der Waals surface area contributed by atoms with E-state index in [4.69, 9.17) is 34.1 Å². The number of amides is 21. The molecule has 1 aliphatic rings. The number of H-pyrrole nitrogens is 1. The number of aliphatic hydroxyl groups excluding tert-OH is 3. The topological polar surface area (TPSA) is 871 Å². The molecule has 1 saturated heterocycles. The smallest absolute Gasteiger partial charge is 0.326 e. The lowest BCUT2D eigenvalue weighted by Crippen LogP contribution is -2.63. The lowest BCUT2D eigenvalue weighted by molar-refractivity contribution is -0.143. The van der Waals surface area contributed by atoms with E-state index < -0.39 is 294 Å². The molecule has 2 heterocycles. The van der Waals surface area contributed by atoms with E-state index in [0.29, 0.717) is 24.3 Å². The predicted octanol–water partition coefficient (Wildman–Crippen LogP) is -8.60. The van der Waals surface area contributed by atoms with E-state index in [1.807, 2.05) is 0 Å². The van der Waals surface area contributed by atoms with Crippen LogP contribution < -0.4 is 130 Å². The molecule has 1 aliphatic heterocycles. The van der Waals surface area contributed by atoms with Crippen LogP contribution in [-0.2, 0) is 112 Å². The highest BCUT2D eigenvalue weighted by Crippen LogP contribution is 2.22. The molecule has 23 atom stereocenters. The van der Waals surface area contributed by atoms with Crippen LogP contribution >= 0.6 is 23.5 Å². The standard InChI is InChI=1S/C93H162N28O26S2/c1-19-47(10)70(118-84(138)63(39-68(97)126)111-83(137)62(38-67(96)125)114-90(144)72(53(16)124)120-74(128)49(12)103-77(131)57(27-32-148-17)106-73(127)48(11)95)88(142)116-65(41-122)85(139)110-59(34-43(2)3)80(134)109-58(28-33-149-18)78(132)104-50(13)75(129)119-71(52(15)123)89(143)113-61(36-45(6)7)82(136)107-55(24-20-21-29-94)76(130)105-51(14)91(145)121-31-23-26-66(121)86(140)112-60(35-44(4)5)81(135)108-56(25-22-30-101-93(98)99)79(133)117-69(46(8)9)87(141)115-64(92(146)147)37-54-40-100-42-102-54/h40,42-53,55-66,69-72,122-124H,19-39,41,94-95H2,1-18H3,(H2,96,125)(H2,97,126)(H,100,102)(H,103,131)(H,104,132)(H,105,130)(H,106,127)(H,107,136)(H,108,135)(H,109,134)(H,110,139)(H,111,137)(H,112,140)(H,113,143)(H,114,144)(H,115,141)(H,116,142)(H,117,133)(H,118,138)(H,119,129)(H,120,128)(H,146,147)(H4,98,99,101)/t47-,48-,49-,50-,51-,52+,53+,55-,56-,57-,58-,59-,60-,61-,62-,63-,64-,65-,66-,69-,70-,71-,72-/m0/s1. The van der Waals surface area contributed by atoms with Crippen molar-refractivity contribution >= 4 is 160 Å². The number of thioether (sulfide) groups is 2. The maximum absolute atomic E-state index is 14.6. The van der Waals surface area contributed by atoms with Gasteiger partial charge in [0, 0.05) is 31.4 Å². The van der Waals surface area contributed by atoms with Crippen LogP contribution in [0.1, 0.15) is 213 Å². The van der Waals surface area contributed by atoms with Crippen LogP contribution in [0.2, 0.25) is 0 Å². The van der Waals surface area contributed by atoms with E-state index in [9.17, 15) is 126 Å². The fourth-order valence-electron chi connectivity index (χ4n) is 15.3. The zero-order valence-corrected chi connectivity index (χ0v) is 89.8. The highest BCUT2D eigenvalue weighted by Gasteiger charge is 2.44. The molecular weight excluding hydrogens is 1990 g/mol. The third kappa shape index (κ3) is 47.8. The summed E-state index contributed by atoms with van der Waals surface area (Å²) in [6.45, 7) is 23.1. The minimum atomic E-state index is -2.02. The molecule has 54 nitrogen and oxygen atoms in total. The summed E-state index contributed by atoms with van der Waals surface area (Å²) in [5.74, 6) is -24.6. The van der Waals surface area contributed by atoms with Crippen molar-refractivity contribution < 1.29 is 126 Å². The third-order valence-electron chi connectivity index (χ3n) is 23.8. The van der Waals surface area contributed by atoms with Gasteiger partial charge in [0.05, 0.1) is 44.0 Å². The molecule has 842 valence electrons. The molecule has 21 amide bonds. The summed E-state index contributed by atoms with van der Waals surface area (Å²) in [6, 6.07) is -30.3. The van der Waals surface area contributed by atoms with Crippen molar-refractivity contribution in [3.05, 3.63) is 18.2 Å². The average molecular weight is 2150 g/mol. The van der Waals surface area contributed by atoms with Gasteiger partial charge in [-0.15, -0.1) is 0 Å². The Balaban J connectivity index is 2.37. The summed E-state index contributed by atoms with van der Waals surface area (Å²) < 4.78 is 0. The second kappa shape index (κ2) is 67.4. The Morgan fingerprint density at radius 2 is 0.792 bits per heavy atom. The summed E-state index contributed by atoms with van der Waals surface area (Å²) in [5, 5.41) is 97.3. The molecule has 0 unspecified atom stereocenters. The summed E-state index contributed by atoms with van der Waals surface area (Å²) in [7, 11) is 0. The minimum Gasteiger partial charge on any atom is -0.480 e. The predicted molar refractivity (Wildman–Crippen MR) is 549 cm³/mol. The number of nitrogens with one attached hydrogen (secondary N) is 21. The first kappa shape index (κ1) is 132. The number of likely N-dealkylation sites (tertiary alicyclic amines) is 1. The maximum Gasteiger partial charge on any atom is 0.326 e. The van der Waals surface area contributed by atoms with Gasteiger partial charge in [-0.1, -0.05) is 75.7 Å². The van der Waals surface area contributed by atoms with Crippen LogP contribution in [0.15, 0.2) is 12.5 Å². The molecule has 2 rings (SSSR count). The fraction of sp³-hybridized carbons (Fsp3) is 0.720. The van der Waals surface area contributed by atoms with Crippen LogP contribution in [0, 0.1) is 35.0 Å². The Labute approximate surface area is 875 Å². The number of carboxylic acids is 1. The third-order valence-corrected chi connectivity index (χ3v) is 25.1. The van der Waals surface area contributed by atoms with Crippen molar-refractivity contribution in [2.75, 3.05) is 50.3 Å². The number of nitrogens with zero attached hydrogens (tertiary/aromatic N) is 2. The Morgan fingerprint density at radius 1 is 0.436 bits per heavy atom. The van der Waals surface area contributed by atoms with Crippen LogP contribution in [0.25, 0.3) is 0 Å². The normalized spacial score (nSPS) is 16.8. The number of aromatic amines is 1. The highest BCUT2D eigenvalue weighted by atomic mass is 32.2. The maximum atomic E-state index is 14.6. The summed E-state index contributed by atoms with van der Waals surface area (Å²) >= 11 is 2.62. The van der Waals surface area contributed by atoms with Crippen molar-refractivity contribution in [1.82, 2.24) is 116 Å². The lowest BCUT2D eigenvalue weighted by atomic mass is 9.97. The number of unbranched alkanes of at least 4 members (excludes halogenated alkanes) is 1. The molecule has 149 heavy (non-hydrogen) atoms. The second-order valence-electron chi connectivity index (χ2n) is 38.8. The van der Waals surface area contributed by atoms with Crippen molar-refractivity contribution in [2.45, 2.75) is 347 Å². The Morgan fingerprint density at radius 3 is 1.19 bits per heavy atom. The van der Waals surface area contributed by atoms with Gasteiger partial charge < -0.3 is 160 Å². The molecule has 0 spiro atoms. The molecule has 0 bridgehead atoms. The number of aliphatic hydroxyl groups is 3. The van der Waals surface area contributed by atoms with Gasteiger partial charge in [0.2, 0.25) is 124 Å². The molecule has 1 aromatic rings. The number of hydrogen-bond donors (Lipinski definition) is 30. The van der Waals surface area contributed by atoms with E-state index in [2.05, 4.69) is 111 Å². The van der Waals surface area contributed by atoms with Crippen molar-refractivity contribution in [3.8, 4) is 0 Å². The monoisotopic (exact) mass is 2150 g/mol. The Bertz CT molecular complexity index is 4650. The van der Waals surface area contributed by atoms with Crippen LogP contribution in [0.4, 0.5) is 0 Å². The fourth-order valence-corrected chi connectivity index (χ4v) is 16.2. The summed E-state index contributed by atoms with van der Waals surface area (Å²) in [4.78, 5) is 313. The quantitative estimate of drug-likeness (QED) is 0.0164. The zero-order valence-electron chi connectivity index (χ0n) is 88.2. The summed E-state index contributed by atoms with van der Waals surface area (Å²) in [5.41, 5.74) is 28.4. The largest absolute Gasteiger partial charge is 0.480 e. The van der Waals surface area contributed by atoms with Crippen LogP contribution in [-0.4, -0.2) is 355 Å². The van der Waals surface area contributed by atoms with Crippen molar-refractivity contribution in [2.24, 2.45) is 58.3 Å². The molecule has 0 saturated carbocycles. The van der Waals surface area contributed by atoms with E-state index in [1.165, 1.54) is 75.6 Å². The molecule has 0 radical (unpaired) electrons. The number of carboxylic acid groups (broad SMARTS) is 1. The Hall–Kier alpha value is -12.7. The second-order valence-corrected chi connectivity index (χ2v) is 40.7. The number of aliphatic carboxylic acids is 1. The first-order valence-corrected chi connectivity index (χ1v) is 52.6. The average Bonchev–Trinajstić information content (AvgIpc) is 1.69. The number of carbonyl (C=O) groups is 22. The van der Waals surface area contributed by atoms with Gasteiger partial charge in [-0.3, -0.25) is 106 Å². The van der Waals surface area contributed by atoms with E-state index in [-0.39, 0.29) is 126 Å². The van der Waals surface area contributed by atoms with Gasteiger partial charge in [0.25, 0.3) is 0 Å². The molecule has 1 aromatic heterocycles. The number of nitrogens with two attached hydrogens (primary N) is 5. The van der Waals surface area contributed by atoms with Gasteiger partial charge in [0.1, 0.15) is 115 Å². The number of imidazole rings is 1. The molecular formula is C93H162N28O26S2. The zero-order chi connectivity index (χ0) is 113. The number of guanidine groups is 1. The number of primary amides is 2. The van der Waals surface area contributed by atoms with Crippen molar-refractivity contribution in [1.29, 1.82) is 5.41 Å². The molecule has 0 aliphatic carbocycles. The lowest BCUT2D eigenvalue weighted by Gasteiger charge is -2.31. The molecule has 35 N–H and O–H groups in total. The SMILES string of the molecule is CC[C@H](C)[C@H](NC(=O)[C@H](CC(N)=O)NC(=O)[C@H](CC(N)=O)NC(=O)[C@@H](NC(=O)[C@H](C)NC(=O)[C@H](CCSC)NC(=O)[C@H](C)N)[C@@H](C)O)C(=O)N[C@@H](CO)C(=O)N[C@@H](CC(C)C)C(=O)N[C@@H](CCSC)C(=O)N[C@@H](C)C(=O)N[C@H](C(=O)N[C@@H](CC(C)C)C(=O)N[C@@H](CCCCN)C(=O)N[C@@H](C)C(=O)N1CCC[C@H]1C(=O)N[C@@H](CC(C)C)C(=O)N[C@@H](CCCNC(=N)N)C(=O)N[C@H](C(=O)N[C@@H](Cc1cnc[nH]1)C(=O)O)C(C)C)[C@@H](C)O. The van der Waals surface area contributed by atoms with E-state index in [1.54, 1.807) is 74.8 Å². The van der Waals surface area contributed by atoms with Crippen LogP contribution in [0.5, 0.6) is 0 Å². The first-order chi connectivity index (χ1) is 69.8. The number of carbonyl (C=O) groups excluding carboxylic acids is 21. The van der Waals surface area contributed by atoms with Gasteiger partial charge in [0.15, 0.2) is 5.96 Å². The molecule has 1 fully saturated rings. The van der Waals surface area contributed by atoms with Gasteiger partial charge in [-0.2, -0.15) is 23.5 Å². The number of aromatic nitrogens is 2. The molecule has 0 aromatic carbocycles. The molecule has 56 heteroatoms. The van der Waals surface area contributed by atoms with Crippen molar-refractivity contribution in [3.63, 3.8) is 0 Å².